The van der Waals surface area contributed by atoms with E-state index in [1.807, 2.05) is 6.07 Å². The van der Waals surface area contributed by atoms with Gasteiger partial charge in [-0.15, -0.1) is 12.4 Å². The smallest absolute Gasteiger partial charge is 0.166 e. The fourth-order valence-corrected chi connectivity index (χ4v) is 3.06. The maximum atomic E-state index is 13.7. The number of hydrogen-bond donors (Lipinski definition) is 0. The van der Waals surface area contributed by atoms with E-state index in [1.165, 1.54) is 18.6 Å². The Morgan fingerprint density at radius 2 is 2.05 bits per heavy atom. The van der Waals surface area contributed by atoms with Gasteiger partial charge in [0.15, 0.2) is 11.6 Å². The molecule has 1 aromatic carbocycles. The summed E-state index contributed by atoms with van der Waals surface area (Å²) in [5.41, 5.74) is 0.306. The number of likely N-dealkylation sites (tertiary alicyclic amines) is 1. The quantitative estimate of drug-likeness (QED) is 0.853. The zero-order chi connectivity index (χ0) is 14.7. The van der Waals surface area contributed by atoms with Crippen molar-refractivity contribution < 1.29 is 13.9 Å². The van der Waals surface area contributed by atoms with Crippen molar-refractivity contribution in [3.05, 3.63) is 29.6 Å². The van der Waals surface area contributed by atoms with Crippen LogP contribution in [0.15, 0.2) is 18.2 Å². The monoisotopic (exact) mass is 326 g/mol. The summed E-state index contributed by atoms with van der Waals surface area (Å²) in [5.74, 6) is -0.268. The van der Waals surface area contributed by atoms with Crippen LogP contribution in [0.4, 0.5) is 4.39 Å². The van der Waals surface area contributed by atoms with Gasteiger partial charge in [-0.2, -0.15) is 5.26 Å². The van der Waals surface area contributed by atoms with Crippen LogP contribution in [0.1, 0.15) is 24.8 Å². The summed E-state index contributed by atoms with van der Waals surface area (Å²) in [6, 6.07) is 6.19. The van der Waals surface area contributed by atoms with Gasteiger partial charge in [0.05, 0.1) is 23.8 Å². The highest BCUT2D eigenvalue weighted by Gasteiger charge is 2.30. The summed E-state index contributed by atoms with van der Waals surface area (Å²) in [6.45, 7) is 3.10. The summed E-state index contributed by atoms with van der Waals surface area (Å²) in [7, 11) is 0. The molecule has 6 heteroatoms. The first-order valence-corrected chi connectivity index (χ1v) is 7.45. The number of benzene rings is 1. The van der Waals surface area contributed by atoms with E-state index < -0.39 is 5.82 Å². The lowest BCUT2D eigenvalue weighted by atomic mass is 10.00. The van der Waals surface area contributed by atoms with Gasteiger partial charge in [0.25, 0.3) is 0 Å². The number of rotatable bonds is 4. The van der Waals surface area contributed by atoms with Crippen LogP contribution in [0.3, 0.4) is 0 Å². The molecular weight excluding hydrogens is 307 g/mol. The standard InChI is InChI=1S/C16H19FN2O2.ClH/c17-15-8-12(9-18)4-5-16(15)20-7-6-19-10-13-2-1-3-14(11-19)21-13;/h4-5,8,13-14H,1-3,6-7,10-11H2;1H. The molecule has 2 saturated heterocycles. The molecule has 4 nitrogen and oxygen atoms in total. The van der Waals surface area contributed by atoms with Gasteiger partial charge in [-0.3, -0.25) is 4.90 Å². The van der Waals surface area contributed by atoms with Gasteiger partial charge in [0.1, 0.15) is 6.61 Å². The average Bonchev–Trinajstić information content (AvgIpc) is 2.48. The Balaban J connectivity index is 0.00000176. The molecule has 0 amide bonds. The second kappa shape index (κ2) is 7.77. The van der Waals surface area contributed by atoms with E-state index >= 15 is 0 Å². The second-order valence-electron chi connectivity index (χ2n) is 5.68. The molecule has 2 bridgehead atoms. The van der Waals surface area contributed by atoms with Gasteiger partial charge in [-0.1, -0.05) is 0 Å². The Morgan fingerprint density at radius 3 is 2.68 bits per heavy atom. The van der Waals surface area contributed by atoms with Crippen molar-refractivity contribution >= 4 is 12.4 Å². The molecule has 0 aliphatic carbocycles. The summed E-state index contributed by atoms with van der Waals surface area (Å²) in [6.07, 6.45) is 4.24. The highest BCUT2D eigenvalue weighted by Crippen LogP contribution is 2.25. The molecule has 2 atom stereocenters. The Kier molecular flexibility index (Phi) is 6.01. The summed E-state index contributed by atoms with van der Waals surface area (Å²) >= 11 is 0. The Morgan fingerprint density at radius 1 is 1.32 bits per heavy atom. The van der Waals surface area contributed by atoms with Crippen molar-refractivity contribution in [3.8, 4) is 11.8 Å². The molecular formula is C16H20ClFN2O2. The number of hydrogen-bond acceptors (Lipinski definition) is 4. The van der Waals surface area contributed by atoms with Crippen molar-refractivity contribution in [2.45, 2.75) is 31.5 Å². The van der Waals surface area contributed by atoms with Gasteiger partial charge < -0.3 is 9.47 Å². The van der Waals surface area contributed by atoms with Crippen LogP contribution in [0.25, 0.3) is 0 Å². The molecule has 0 saturated carbocycles. The molecule has 2 unspecified atom stereocenters. The minimum absolute atomic E-state index is 0. The number of nitrogens with zero attached hydrogens (tertiary/aromatic N) is 2. The third-order valence-electron chi connectivity index (χ3n) is 4.09. The topological polar surface area (TPSA) is 45.5 Å². The fourth-order valence-electron chi connectivity index (χ4n) is 3.06. The lowest BCUT2D eigenvalue weighted by Crippen LogP contribution is -2.50. The minimum atomic E-state index is -0.479. The van der Waals surface area contributed by atoms with Crippen LogP contribution < -0.4 is 4.74 Å². The van der Waals surface area contributed by atoms with E-state index in [0.29, 0.717) is 24.4 Å². The second-order valence-corrected chi connectivity index (χ2v) is 5.68. The first-order chi connectivity index (χ1) is 10.2. The predicted molar refractivity (Wildman–Crippen MR) is 82.8 cm³/mol. The van der Waals surface area contributed by atoms with Gasteiger partial charge in [-0.25, -0.2) is 4.39 Å². The molecule has 2 heterocycles. The van der Waals surface area contributed by atoms with Crippen molar-refractivity contribution in [3.63, 3.8) is 0 Å². The maximum absolute atomic E-state index is 13.7. The highest BCUT2D eigenvalue weighted by molar-refractivity contribution is 5.85. The van der Waals surface area contributed by atoms with Crippen LogP contribution in [0, 0.1) is 17.1 Å². The highest BCUT2D eigenvalue weighted by atomic mass is 35.5. The van der Waals surface area contributed by atoms with Gasteiger partial charge in [0.2, 0.25) is 0 Å². The van der Waals surface area contributed by atoms with Crippen LogP contribution in [0.5, 0.6) is 5.75 Å². The van der Waals surface area contributed by atoms with E-state index in [1.54, 1.807) is 6.07 Å². The van der Waals surface area contributed by atoms with Crippen LogP contribution in [-0.4, -0.2) is 43.3 Å². The third kappa shape index (κ3) is 4.10. The first kappa shape index (κ1) is 17.0. The summed E-state index contributed by atoms with van der Waals surface area (Å²) in [5, 5.41) is 8.70. The largest absolute Gasteiger partial charge is 0.489 e. The number of nitriles is 1. The van der Waals surface area contributed by atoms with E-state index in [4.69, 9.17) is 14.7 Å². The van der Waals surface area contributed by atoms with Crippen LogP contribution in [0.2, 0.25) is 0 Å². The predicted octanol–water partition coefficient (Wildman–Crippen LogP) is 2.75. The Hall–Kier alpha value is -1.35. The average molecular weight is 327 g/mol. The number of morpholine rings is 1. The molecule has 1 aromatic rings. The molecule has 0 radical (unpaired) electrons. The molecule has 0 N–H and O–H groups in total. The molecule has 2 fully saturated rings. The SMILES string of the molecule is Cl.N#Cc1ccc(OCCN2CC3CCCC(C2)O3)c(F)c1. The number of fused-ring (bicyclic) bond motifs is 2. The molecule has 0 spiro atoms. The normalized spacial score (nSPS) is 24.2. The fraction of sp³-hybridized carbons (Fsp3) is 0.562. The van der Waals surface area contributed by atoms with Gasteiger partial charge in [0, 0.05) is 19.6 Å². The van der Waals surface area contributed by atoms with Gasteiger partial charge in [-0.05, 0) is 37.5 Å². The van der Waals surface area contributed by atoms with E-state index in [9.17, 15) is 4.39 Å². The number of halogens is 2. The van der Waals surface area contributed by atoms with Crippen molar-refractivity contribution in [2.75, 3.05) is 26.2 Å². The molecule has 0 aromatic heterocycles. The number of ether oxygens (including phenoxy) is 2. The minimum Gasteiger partial charge on any atom is -0.489 e. The van der Waals surface area contributed by atoms with E-state index in [0.717, 1.165) is 32.5 Å². The summed E-state index contributed by atoms with van der Waals surface area (Å²) in [4.78, 5) is 2.33. The lowest BCUT2D eigenvalue weighted by Gasteiger charge is -2.41. The van der Waals surface area contributed by atoms with E-state index in [-0.39, 0.29) is 18.2 Å². The zero-order valence-corrected chi connectivity index (χ0v) is 13.2. The van der Waals surface area contributed by atoms with Gasteiger partial charge >= 0.3 is 0 Å². The lowest BCUT2D eigenvalue weighted by molar-refractivity contribution is -0.114. The van der Waals surface area contributed by atoms with Crippen molar-refractivity contribution in [1.82, 2.24) is 4.90 Å². The Bertz CT molecular complexity index is 537. The van der Waals surface area contributed by atoms with Crippen LogP contribution in [-0.2, 0) is 4.74 Å². The maximum Gasteiger partial charge on any atom is 0.166 e. The van der Waals surface area contributed by atoms with Crippen molar-refractivity contribution in [1.29, 1.82) is 5.26 Å². The Labute approximate surface area is 136 Å². The molecule has 2 aliphatic rings. The molecule has 120 valence electrons. The van der Waals surface area contributed by atoms with Crippen LogP contribution >= 0.6 is 12.4 Å². The first-order valence-electron chi connectivity index (χ1n) is 7.45. The summed E-state index contributed by atoms with van der Waals surface area (Å²) < 4.78 is 25.1. The molecule has 3 rings (SSSR count). The third-order valence-corrected chi connectivity index (χ3v) is 4.09. The van der Waals surface area contributed by atoms with Crippen molar-refractivity contribution in [2.24, 2.45) is 0 Å². The zero-order valence-electron chi connectivity index (χ0n) is 12.3. The molecule has 2 aliphatic heterocycles. The van der Waals surface area contributed by atoms with E-state index in [2.05, 4.69) is 4.90 Å². The molecule has 22 heavy (non-hydrogen) atoms.